The lowest BCUT2D eigenvalue weighted by atomic mass is 10.2. The first kappa shape index (κ1) is 14.0. The fourth-order valence-electron chi connectivity index (χ4n) is 2.33. The van der Waals surface area contributed by atoms with Gasteiger partial charge in [0, 0.05) is 39.3 Å². The molecular weight excluding hydrogens is 242 g/mol. The molecule has 1 aliphatic heterocycles. The Morgan fingerprint density at radius 2 is 1.95 bits per heavy atom. The second kappa shape index (κ2) is 6.63. The van der Waals surface area contributed by atoms with Gasteiger partial charge in [0.2, 0.25) is 0 Å². The molecule has 0 amide bonds. The molecule has 0 aliphatic carbocycles. The summed E-state index contributed by atoms with van der Waals surface area (Å²) in [5.41, 5.74) is 1.09. The van der Waals surface area contributed by atoms with Gasteiger partial charge in [-0.15, -0.1) is 0 Å². The average molecular weight is 265 g/mol. The summed E-state index contributed by atoms with van der Waals surface area (Å²) in [6, 6.07) is 5.93. The smallest absolute Gasteiger partial charge is 0.145 e. The quantitative estimate of drug-likeness (QED) is 0.860. The molecule has 5 heteroatoms. The van der Waals surface area contributed by atoms with Gasteiger partial charge in [-0.3, -0.25) is 4.90 Å². The number of anilines is 1. The number of piperazine rings is 1. The zero-order chi connectivity index (χ0) is 13.7. The van der Waals surface area contributed by atoms with Gasteiger partial charge in [0.05, 0.1) is 26.6 Å². The highest BCUT2D eigenvalue weighted by Gasteiger charge is 2.14. The second-order valence-electron chi connectivity index (χ2n) is 4.75. The first-order valence-electron chi connectivity index (χ1n) is 6.61. The Labute approximate surface area is 115 Å². The van der Waals surface area contributed by atoms with Gasteiger partial charge in [0.25, 0.3) is 0 Å². The van der Waals surface area contributed by atoms with Gasteiger partial charge < -0.3 is 19.7 Å². The van der Waals surface area contributed by atoms with E-state index < -0.39 is 0 Å². The number of benzene rings is 1. The summed E-state index contributed by atoms with van der Waals surface area (Å²) in [6.07, 6.45) is 0. The predicted molar refractivity (Wildman–Crippen MR) is 77.3 cm³/mol. The Morgan fingerprint density at radius 1 is 1.21 bits per heavy atom. The highest BCUT2D eigenvalue weighted by molar-refractivity contribution is 5.60. The molecule has 0 atom stereocenters. The van der Waals surface area contributed by atoms with Crippen molar-refractivity contribution in [2.75, 3.05) is 59.0 Å². The van der Waals surface area contributed by atoms with E-state index >= 15 is 0 Å². The topological polar surface area (TPSA) is 37.0 Å². The van der Waals surface area contributed by atoms with Gasteiger partial charge in [-0.1, -0.05) is 0 Å². The van der Waals surface area contributed by atoms with E-state index in [0.717, 1.165) is 50.0 Å². The van der Waals surface area contributed by atoms with Crippen molar-refractivity contribution >= 4 is 5.69 Å². The van der Waals surface area contributed by atoms with E-state index in [1.165, 1.54) is 0 Å². The van der Waals surface area contributed by atoms with Crippen LogP contribution in [0, 0.1) is 0 Å². The third-order valence-electron chi connectivity index (χ3n) is 3.42. The molecule has 1 aromatic rings. The van der Waals surface area contributed by atoms with Gasteiger partial charge in [0.15, 0.2) is 0 Å². The summed E-state index contributed by atoms with van der Waals surface area (Å²) >= 11 is 0. The van der Waals surface area contributed by atoms with Crippen molar-refractivity contribution in [2.24, 2.45) is 0 Å². The molecule has 1 aliphatic rings. The molecule has 106 valence electrons. The maximum atomic E-state index is 5.45. The number of ether oxygens (including phenoxy) is 2. The zero-order valence-corrected chi connectivity index (χ0v) is 12.0. The van der Waals surface area contributed by atoms with Crippen LogP contribution in [0.4, 0.5) is 5.69 Å². The summed E-state index contributed by atoms with van der Waals surface area (Å²) in [4.78, 5) is 4.64. The Kier molecular flexibility index (Phi) is 4.87. The standard InChI is InChI=1S/C14H23N3O2/c1-16(11-17-8-6-15-7-9-17)13-5-4-12(18-2)10-14(13)19-3/h4-5,10,15H,6-9,11H2,1-3H3. The summed E-state index contributed by atoms with van der Waals surface area (Å²) < 4.78 is 10.7. The van der Waals surface area contributed by atoms with Crippen LogP contribution in [0.1, 0.15) is 0 Å². The molecule has 5 nitrogen and oxygen atoms in total. The molecule has 0 saturated carbocycles. The summed E-state index contributed by atoms with van der Waals surface area (Å²) in [5, 5.41) is 3.36. The summed E-state index contributed by atoms with van der Waals surface area (Å²) in [7, 11) is 5.45. The van der Waals surface area contributed by atoms with Crippen LogP contribution in [0.2, 0.25) is 0 Å². The van der Waals surface area contributed by atoms with Crippen LogP contribution in [0.3, 0.4) is 0 Å². The first-order chi connectivity index (χ1) is 9.24. The van der Waals surface area contributed by atoms with Gasteiger partial charge in [-0.05, 0) is 12.1 Å². The second-order valence-corrected chi connectivity index (χ2v) is 4.75. The van der Waals surface area contributed by atoms with E-state index in [1.54, 1.807) is 14.2 Å². The van der Waals surface area contributed by atoms with Crippen molar-refractivity contribution < 1.29 is 9.47 Å². The minimum absolute atomic E-state index is 0.816. The highest BCUT2D eigenvalue weighted by Crippen LogP contribution is 2.31. The Bertz CT molecular complexity index is 406. The monoisotopic (exact) mass is 265 g/mol. The number of nitrogens with zero attached hydrogens (tertiary/aromatic N) is 2. The van der Waals surface area contributed by atoms with Crippen LogP contribution in [-0.4, -0.2) is 59.0 Å². The molecule has 19 heavy (non-hydrogen) atoms. The van der Waals surface area contributed by atoms with E-state index in [2.05, 4.69) is 22.2 Å². The van der Waals surface area contributed by atoms with E-state index in [0.29, 0.717) is 0 Å². The van der Waals surface area contributed by atoms with E-state index in [1.807, 2.05) is 18.2 Å². The molecular formula is C14H23N3O2. The number of nitrogens with one attached hydrogen (secondary N) is 1. The van der Waals surface area contributed by atoms with Crippen molar-refractivity contribution in [3.63, 3.8) is 0 Å². The minimum Gasteiger partial charge on any atom is -0.497 e. The number of hydrogen-bond donors (Lipinski definition) is 1. The predicted octanol–water partition coefficient (Wildman–Crippen LogP) is 1.00. The molecule has 1 saturated heterocycles. The van der Waals surface area contributed by atoms with Crippen LogP contribution in [0.25, 0.3) is 0 Å². The van der Waals surface area contributed by atoms with E-state index in [-0.39, 0.29) is 0 Å². The van der Waals surface area contributed by atoms with Crippen molar-refractivity contribution in [1.29, 1.82) is 0 Å². The van der Waals surface area contributed by atoms with E-state index in [4.69, 9.17) is 9.47 Å². The lowest BCUT2D eigenvalue weighted by Gasteiger charge is -2.32. The van der Waals surface area contributed by atoms with Gasteiger partial charge >= 0.3 is 0 Å². The third-order valence-corrected chi connectivity index (χ3v) is 3.42. The van der Waals surface area contributed by atoms with Gasteiger partial charge in [-0.2, -0.15) is 0 Å². The van der Waals surface area contributed by atoms with Crippen molar-refractivity contribution in [2.45, 2.75) is 0 Å². The maximum Gasteiger partial charge on any atom is 0.145 e. The molecule has 0 radical (unpaired) electrons. The molecule has 1 heterocycles. The molecule has 0 unspecified atom stereocenters. The van der Waals surface area contributed by atoms with Crippen molar-refractivity contribution in [1.82, 2.24) is 10.2 Å². The van der Waals surface area contributed by atoms with Crippen molar-refractivity contribution in [3.8, 4) is 11.5 Å². The molecule has 0 spiro atoms. The summed E-state index contributed by atoms with van der Waals surface area (Å²) in [5.74, 6) is 1.66. The average Bonchev–Trinajstić information content (AvgIpc) is 2.47. The number of rotatable bonds is 5. The largest absolute Gasteiger partial charge is 0.497 e. The van der Waals surface area contributed by atoms with Crippen LogP contribution >= 0.6 is 0 Å². The maximum absolute atomic E-state index is 5.45. The molecule has 2 rings (SSSR count). The molecule has 0 aromatic heterocycles. The van der Waals surface area contributed by atoms with Crippen LogP contribution in [-0.2, 0) is 0 Å². The zero-order valence-electron chi connectivity index (χ0n) is 12.0. The molecule has 1 N–H and O–H groups in total. The first-order valence-corrected chi connectivity index (χ1v) is 6.61. The Hall–Kier alpha value is -1.46. The van der Waals surface area contributed by atoms with Crippen LogP contribution < -0.4 is 19.7 Å². The number of hydrogen-bond acceptors (Lipinski definition) is 5. The molecule has 1 aromatic carbocycles. The van der Waals surface area contributed by atoms with Gasteiger partial charge in [-0.25, -0.2) is 0 Å². The fourth-order valence-corrected chi connectivity index (χ4v) is 2.33. The Morgan fingerprint density at radius 3 is 2.58 bits per heavy atom. The number of methoxy groups -OCH3 is 2. The lowest BCUT2D eigenvalue weighted by Crippen LogP contribution is -2.47. The van der Waals surface area contributed by atoms with E-state index in [9.17, 15) is 0 Å². The normalized spacial score (nSPS) is 16.2. The van der Waals surface area contributed by atoms with Crippen molar-refractivity contribution in [3.05, 3.63) is 18.2 Å². The Balaban J connectivity index is 2.06. The third kappa shape index (κ3) is 3.52. The van der Waals surface area contributed by atoms with Gasteiger partial charge in [0.1, 0.15) is 11.5 Å². The minimum atomic E-state index is 0.816. The molecule has 0 bridgehead atoms. The highest BCUT2D eigenvalue weighted by atomic mass is 16.5. The van der Waals surface area contributed by atoms with Crippen LogP contribution in [0.5, 0.6) is 11.5 Å². The fraction of sp³-hybridized carbons (Fsp3) is 0.571. The summed E-state index contributed by atoms with van der Waals surface area (Å²) in [6.45, 7) is 5.21. The lowest BCUT2D eigenvalue weighted by molar-refractivity contribution is 0.243. The molecule has 1 fully saturated rings. The SMILES string of the molecule is COc1ccc(N(C)CN2CCNCC2)c(OC)c1. The van der Waals surface area contributed by atoms with Crippen LogP contribution in [0.15, 0.2) is 18.2 Å².